The van der Waals surface area contributed by atoms with Gasteiger partial charge >= 0.3 is 0 Å². The molecule has 0 radical (unpaired) electrons. The summed E-state index contributed by atoms with van der Waals surface area (Å²) in [5.41, 5.74) is 0.941. The van der Waals surface area contributed by atoms with Gasteiger partial charge in [0.1, 0.15) is 0 Å². The van der Waals surface area contributed by atoms with Crippen molar-refractivity contribution in [2.24, 2.45) is 5.92 Å². The van der Waals surface area contributed by atoms with E-state index in [1.54, 1.807) is 24.3 Å². The minimum absolute atomic E-state index is 0.337. The Morgan fingerprint density at radius 3 is 2.45 bits per heavy atom. The summed E-state index contributed by atoms with van der Waals surface area (Å²) in [4.78, 5) is 0.337. The molecule has 0 atom stereocenters. The van der Waals surface area contributed by atoms with E-state index in [1.165, 1.54) is 0 Å². The Hall–Kier alpha value is -0.720. The van der Waals surface area contributed by atoms with Gasteiger partial charge in [0.15, 0.2) is 0 Å². The highest BCUT2D eigenvalue weighted by molar-refractivity contribution is 7.99. The highest BCUT2D eigenvalue weighted by Gasteiger charge is 2.18. The fraction of sp³-hybridized carbons (Fsp3) is 0.571. The minimum atomic E-state index is -3.38. The van der Waals surface area contributed by atoms with Crippen LogP contribution in [0.25, 0.3) is 0 Å². The third-order valence-corrected chi connectivity index (χ3v) is 5.94. The zero-order valence-corrected chi connectivity index (χ0v) is 13.4. The summed E-state index contributed by atoms with van der Waals surface area (Å²) in [5, 5.41) is 3.15. The Bertz CT molecular complexity index is 508. The molecule has 1 aromatic carbocycles. The minimum Gasteiger partial charge on any atom is -0.385 e. The quantitative estimate of drug-likeness (QED) is 0.847. The molecule has 0 aromatic heterocycles. The molecule has 112 valence electrons. The summed E-state index contributed by atoms with van der Waals surface area (Å²) in [6.07, 6.45) is 2.21. The summed E-state index contributed by atoms with van der Waals surface area (Å²) in [7, 11) is -3.38. The van der Waals surface area contributed by atoms with Crippen molar-refractivity contribution in [2.45, 2.75) is 24.7 Å². The molecular weight excluding hydrogens is 292 g/mol. The van der Waals surface area contributed by atoms with E-state index in [4.69, 9.17) is 0 Å². The van der Waals surface area contributed by atoms with Crippen molar-refractivity contribution in [3.05, 3.63) is 24.3 Å². The monoisotopic (exact) mass is 314 g/mol. The fourth-order valence-electron chi connectivity index (χ4n) is 2.22. The van der Waals surface area contributed by atoms with Gasteiger partial charge < -0.3 is 5.32 Å². The van der Waals surface area contributed by atoms with Gasteiger partial charge in [0.05, 0.1) is 4.90 Å². The molecule has 2 N–H and O–H groups in total. The van der Waals surface area contributed by atoms with Crippen LogP contribution in [-0.2, 0) is 10.0 Å². The summed E-state index contributed by atoms with van der Waals surface area (Å²) in [5.74, 6) is 2.76. The van der Waals surface area contributed by atoms with Gasteiger partial charge in [-0.25, -0.2) is 13.1 Å². The molecule has 2 rings (SSSR count). The molecule has 20 heavy (non-hydrogen) atoms. The van der Waals surface area contributed by atoms with Crippen LogP contribution in [0.3, 0.4) is 0 Å². The first-order valence-electron chi connectivity index (χ1n) is 7.03. The lowest BCUT2D eigenvalue weighted by molar-refractivity contribution is 0.476. The van der Waals surface area contributed by atoms with E-state index >= 15 is 0 Å². The van der Waals surface area contributed by atoms with E-state index in [-0.39, 0.29) is 0 Å². The van der Waals surface area contributed by atoms with Crippen molar-refractivity contribution in [2.75, 3.05) is 29.9 Å². The maximum atomic E-state index is 12.2. The molecule has 1 saturated heterocycles. The number of benzene rings is 1. The Kier molecular flexibility index (Phi) is 5.74. The van der Waals surface area contributed by atoms with Crippen LogP contribution in [0, 0.1) is 5.92 Å². The SMILES string of the molecule is CCNc1ccc(S(=O)(=O)NCC2CCSCC2)cc1. The van der Waals surface area contributed by atoms with E-state index in [0.29, 0.717) is 17.4 Å². The van der Waals surface area contributed by atoms with E-state index < -0.39 is 10.0 Å². The lowest BCUT2D eigenvalue weighted by atomic mass is 10.0. The van der Waals surface area contributed by atoms with Crippen molar-refractivity contribution < 1.29 is 8.42 Å². The van der Waals surface area contributed by atoms with Gasteiger partial charge in [-0.3, -0.25) is 0 Å². The van der Waals surface area contributed by atoms with Crippen LogP contribution in [0.15, 0.2) is 29.2 Å². The Balaban J connectivity index is 1.94. The summed E-state index contributed by atoms with van der Waals surface area (Å²) in [6.45, 7) is 3.39. The molecule has 0 spiro atoms. The van der Waals surface area contributed by atoms with Crippen LogP contribution in [-0.4, -0.2) is 33.0 Å². The third kappa shape index (κ3) is 4.40. The van der Waals surface area contributed by atoms with Crippen LogP contribution in [0.1, 0.15) is 19.8 Å². The molecule has 1 heterocycles. The highest BCUT2D eigenvalue weighted by atomic mass is 32.2. The van der Waals surface area contributed by atoms with Gasteiger partial charge in [0, 0.05) is 18.8 Å². The third-order valence-electron chi connectivity index (χ3n) is 3.45. The molecule has 1 aromatic rings. The normalized spacial score (nSPS) is 17.1. The molecular formula is C14H22N2O2S2. The topological polar surface area (TPSA) is 58.2 Å². The number of thioether (sulfide) groups is 1. The van der Waals surface area contributed by atoms with Crippen molar-refractivity contribution in [3.8, 4) is 0 Å². The second-order valence-electron chi connectivity index (χ2n) is 4.96. The number of rotatable bonds is 6. The van der Waals surface area contributed by atoms with Gasteiger partial charge in [-0.05, 0) is 61.5 Å². The summed E-state index contributed by atoms with van der Waals surface area (Å²) >= 11 is 1.95. The van der Waals surface area contributed by atoms with E-state index in [1.807, 2.05) is 18.7 Å². The molecule has 4 nitrogen and oxygen atoms in total. The van der Waals surface area contributed by atoms with Crippen LogP contribution in [0.5, 0.6) is 0 Å². The van der Waals surface area contributed by atoms with E-state index in [9.17, 15) is 8.42 Å². The summed E-state index contributed by atoms with van der Waals surface area (Å²) in [6, 6.07) is 6.90. The van der Waals surface area contributed by atoms with Crippen molar-refractivity contribution in [1.82, 2.24) is 4.72 Å². The van der Waals surface area contributed by atoms with Crippen LogP contribution in [0.2, 0.25) is 0 Å². The van der Waals surface area contributed by atoms with Gasteiger partial charge in [0.25, 0.3) is 0 Å². The largest absolute Gasteiger partial charge is 0.385 e. The molecule has 0 aliphatic carbocycles. The van der Waals surface area contributed by atoms with Gasteiger partial charge in [0.2, 0.25) is 10.0 Å². The Morgan fingerprint density at radius 2 is 1.85 bits per heavy atom. The van der Waals surface area contributed by atoms with E-state index in [2.05, 4.69) is 10.0 Å². The van der Waals surface area contributed by atoms with Gasteiger partial charge in [-0.1, -0.05) is 0 Å². The number of anilines is 1. The van der Waals surface area contributed by atoms with E-state index in [0.717, 1.165) is 36.6 Å². The molecule has 1 fully saturated rings. The van der Waals surface area contributed by atoms with Crippen LogP contribution in [0.4, 0.5) is 5.69 Å². The molecule has 1 aliphatic rings. The second-order valence-corrected chi connectivity index (χ2v) is 7.95. The smallest absolute Gasteiger partial charge is 0.240 e. The van der Waals surface area contributed by atoms with Gasteiger partial charge in [-0.2, -0.15) is 11.8 Å². The maximum Gasteiger partial charge on any atom is 0.240 e. The number of sulfonamides is 1. The zero-order chi connectivity index (χ0) is 14.4. The van der Waals surface area contributed by atoms with Crippen molar-refractivity contribution >= 4 is 27.5 Å². The lowest BCUT2D eigenvalue weighted by Gasteiger charge is -2.21. The first kappa shape index (κ1) is 15.7. The average Bonchev–Trinajstić information content (AvgIpc) is 2.47. The average molecular weight is 314 g/mol. The molecule has 0 amide bonds. The van der Waals surface area contributed by atoms with Crippen molar-refractivity contribution in [3.63, 3.8) is 0 Å². The van der Waals surface area contributed by atoms with Crippen LogP contribution >= 0.6 is 11.8 Å². The molecule has 1 aliphatic heterocycles. The molecule has 0 unspecified atom stereocenters. The highest BCUT2D eigenvalue weighted by Crippen LogP contribution is 2.22. The molecule has 0 bridgehead atoms. The Labute approximate surface area is 125 Å². The molecule has 6 heteroatoms. The molecule has 0 saturated carbocycles. The predicted octanol–water partition coefficient (Wildman–Crippen LogP) is 2.54. The number of nitrogens with one attached hydrogen (secondary N) is 2. The first-order valence-corrected chi connectivity index (χ1v) is 9.67. The standard InChI is InChI=1S/C14H22N2O2S2/c1-2-15-13-3-5-14(6-4-13)20(17,18)16-11-12-7-9-19-10-8-12/h3-6,12,15-16H,2,7-11H2,1H3. The Morgan fingerprint density at radius 1 is 1.20 bits per heavy atom. The fourth-order valence-corrected chi connectivity index (χ4v) is 4.54. The first-order chi connectivity index (χ1) is 9.62. The van der Waals surface area contributed by atoms with Crippen LogP contribution < -0.4 is 10.0 Å². The maximum absolute atomic E-state index is 12.2. The predicted molar refractivity (Wildman–Crippen MR) is 85.8 cm³/mol. The van der Waals surface area contributed by atoms with Crippen molar-refractivity contribution in [1.29, 1.82) is 0 Å². The number of hydrogen-bond acceptors (Lipinski definition) is 4. The zero-order valence-electron chi connectivity index (χ0n) is 11.8. The summed E-state index contributed by atoms with van der Waals surface area (Å²) < 4.78 is 27.2. The lowest BCUT2D eigenvalue weighted by Crippen LogP contribution is -2.31. The van der Waals surface area contributed by atoms with Gasteiger partial charge in [-0.15, -0.1) is 0 Å². The second kappa shape index (κ2) is 7.33. The number of hydrogen-bond donors (Lipinski definition) is 2.